The van der Waals surface area contributed by atoms with E-state index >= 15 is 0 Å². The molecular formula is C24H17ClN4O4PdS. The largest absolute Gasteiger partial charge is 0.265 e. The Morgan fingerprint density at radius 2 is 1.46 bits per heavy atom. The van der Waals surface area contributed by atoms with Gasteiger partial charge in [0, 0.05) is 36.1 Å². The molecule has 0 spiro atoms. The maximum atomic E-state index is 12.7. The molecule has 0 atom stereocenters. The van der Waals surface area contributed by atoms with Gasteiger partial charge < -0.3 is 4.72 Å². The van der Waals surface area contributed by atoms with Crippen molar-refractivity contribution >= 4 is 52.6 Å². The van der Waals surface area contributed by atoms with Crippen LogP contribution in [0.25, 0.3) is 26.4 Å². The molecule has 0 radical (unpaired) electrons. The van der Waals surface area contributed by atoms with Gasteiger partial charge in [0.25, 0.3) is 5.69 Å². The molecule has 11 heteroatoms. The molecule has 180 valence electrons. The van der Waals surface area contributed by atoms with Gasteiger partial charge in [-0.05, 0) is 41.1 Å². The van der Waals surface area contributed by atoms with E-state index in [1.54, 1.807) is 30.7 Å². The Morgan fingerprint density at radius 1 is 0.800 bits per heavy atom. The molecule has 0 saturated heterocycles. The number of benzene rings is 3. The van der Waals surface area contributed by atoms with Gasteiger partial charge in [-0.15, -0.1) is 5.69 Å². The number of hydrogen-bond acceptors (Lipinski definition) is 6. The predicted molar refractivity (Wildman–Crippen MR) is 133 cm³/mol. The molecule has 5 rings (SSSR count). The molecule has 35 heavy (non-hydrogen) atoms. The molecule has 0 saturated carbocycles. The quantitative estimate of drug-likeness (QED) is 0.101. The van der Waals surface area contributed by atoms with Crippen LogP contribution in [0.15, 0.2) is 108 Å². The van der Waals surface area contributed by atoms with E-state index < -0.39 is 14.9 Å². The summed E-state index contributed by atoms with van der Waals surface area (Å²) >= 11 is 2.22. The van der Waals surface area contributed by atoms with E-state index in [9.17, 15) is 18.5 Å². The third-order valence-electron chi connectivity index (χ3n) is 4.72. The van der Waals surface area contributed by atoms with Gasteiger partial charge >= 0.3 is 27.7 Å². The molecule has 2 heterocycles. The Bertz CT molecular complexity index is 1510. The molecule has 0 unspecified atom stereocenters. The number of nitro groups is 1. The van der Waals surface area contributed by atoms with E-state index in [2.05, 4.69) is 42.4 Å². The van der Waals surface area contributed by atoms with Crippen LogP contribution in [0.5, 0.6) is 0 Å². The van der Waals surface area contributed by atoms with E-state index in [0.717, 1.165) is 22.9 Å². The molecule has 0 aliphatic carbocycles. The third kappa shape index (κ3) is 6.59. The Labute approximate surface area is 216 Å². The fourth-order valence-corrected chi connectivity index (χ4v) is 4.20. The van der Waals surface area contributed by atoms with Crippen LogP contribution in [0.3, 0.4) is 0 Å². The summed E-state index contributed by atoms with van der Waals surface area (Å²) in [5.41, 5.74) is 0.748. The SMILES string of the molecule is O=[N+]([O-])c1ccc(S(=O)(=O)[N-]c2cccc3ccc4cccnc4c23)cc1.[Cl][Pd+].c1ccncc1. The van der Waals surface area contributed by atoms with Crippen molar-refractivity contribution in [3.63, 3.8) is 0 Å². The molecule has 5 aromatic rings. The molecule has 0 amide bonds. The number of nitro benzene ring substituents is 1. The zero-order chi connectivity index (χ0) is 25.3. The van der Waals surface area contributed by atoms with Gasteiger partial charge in [0.2, 0.25) is 0 Å². The van der Waals surface area contributed by atoms with Crippen molar-refractivity contribution in [1.82, 2.24) is 9.97 Å². The molecular weight excluding hydrogens is 582 g/mol. The summed E-state index contributed by atoms with van der Waals surface area (Å²) in [5, 5.41) is 13.1. The van der Waals surface area contributed by atoms with Crippen LogP contribution in [0.2, 0.25) is 0 Å². The summed E-state index contributed by atoms with van der Waals surface area (Å²) in [4.78, 5) is 18.2. The number of fused-ring (bicyclic) bond motifs is 3. The van der Waals surface area contributed by atoms with Crippen LogP contribution in [0, 0.1) is 10.1 Å². The Morgan fingerprint density at radius 3 is 2.06 bits per heavy atom. The van der Waals surface area contributed by atoms with E-state index in [1.165, 1.54) is 12.1 Å². The monoisotopic (exact) mass is 598 g/mol. The van der Waals surface area contributed by atoms with Crippen LogP contribution >= 0.6 is 9.53 Å². The maximum absolute atomic E-state index is 12.7. The number of nitrogens with zero attached hydrogens (tertiary/aromatic N) is 4. The first-order valence-electron chi connectivity index (χ1n) is 9.91. The molecule has 0 N–H and O–H groups in total. The summed E-state index contributed by atoms with van der Waals surface area (Å²) in [6, 6.07) is 23.1. The van der Waals surface area contributed by atoms with Gasteiger partial charge in [-0.1, -0.05) is 42.5 Å². The van der Waals surface area contributed by atoms with Gasteiger partial charge in [0.05, 0.1) is 15.3 Å². The van der Waals surface area contributed by atoms with Gasteiger partial charge in [0.1, 0.15) is 10.0 Å². The second kappa shape index (κ2) is 12.3. The fraction of sp³-hybridized carbons (Fsp3) is 0. The van der Waals surface area contributed by atoms with Crippen LogP contribution in [0.1, 0.15) is 0 Å². The molecule has 8 nitrogen and oxygen atoms in total. The van der Waals surface area contributed by atoms with Gasteiger partial charge in [-0.3, -0.25) is 20.1 Å². The Hall–Kier alpha value is -3.42. The zero-order valence-electron chi connectivity index (χ0n) is 17.8. The van der Waals surface area contributed by atoms with Crippen molar-refractivity contribution in [1.29, 1.82) is 0 Å². The Balaban J connectivity index is 0.000000369. The number of sulfonamides is 1. The van der Waals surface area contributed by atoms with Crippen molar-refractivity contribution in [3.8, 4) is 0 Å². The van der Waals surface area contributed by atoms with Crippen molar-refractivity contribution in [2.75, 3.05) is 0 Å². The van der Waals surface area contributed by atoms with Crippen LogP contribution < -0.4 is 0 Å². The topological polar surface area (TPSA) is 117 Å². The first kappa shape index (κ1) is 26.2. The summed E-state index contributed by atoms with van der Waals surface area (Å²) < 4.78 is 29.4. The normalized spacial score (nSPS) is 10.5. The summed E-state index contributed by atoms with van der Waals surface area (Å²) in [7, 11) is 0.448. The van der Waals surface area contributed by atoms with Crippen LogP contribution in [0.4, 0.5) is 11.4 Å². The number of aromatic nitrogens is 2. The molecule has 0 bridgehead atoms. The number of rotatable bonds is 4. The van der Waals surface area contributed by atoms with Gasteiger partial charge in [-0.25, -0.2) is 8.42 Å². The van der Waals surface area contributed by atoms with E-state index in [0.29, 0.717) is 10.9 Å². The third-order valence-corrected chi connectivity index (χ3v) is 6.03. The summed E-state index contributed by atoms with van der Waals surface area (Å²) in [6.45, 7) is 0. The van der Waals surface area contributed by atoms with Gasteiger partial charge in [0.15, 0.2) is 0 Å². The molecule has 3 aromatic carbocycles. The minimum Gasteiger partial charge on any atom is -0.265 e. The number of pyridine rings is 2. The average Bonchev–Trinajstić information content (AvgIpc) is 2.91. The Kier molecular flexibility index (Phi) is 9.23. The smallest absolute Gasteiger partial charge is 0.0267 e. The second-order valence-electron chi connectivity index (χ2n) is 6.86. The predicted octanol–water partition coefficient (Wildman–Crippen LogP) is 6.46. The van der Waals surface area contributed by atoms with Gasteiger partial charge in [-0.2, -0.15) is 0 Å². The molecule has 0 aliphatic rings. The van der Waals surface area contributed by atoms with E-state index in [-0.39, 0.29) is 16.3 Å². The number of halogens is 1. The van der Waals surface area contributed by atoms with E-state index in [1.807, 2.05) is 48.5 Å². The number of hydrogen-bond donors (Lipinski definition) is 0. The van der Waals surface area contributed by atoms with Crippen molar-refractivity contribution in [3.05, 3.63) is 118 Å². The standard InChI is InChI=1S/C19H12N3O4S.C5H5N.ClH.Pd/c23-22(24)15-8-10-16(11-9-15)27(25,26)21-17-5-1-3-13-6-7-14-4-2-12-20-19(14)18(13)17;1-2-4-6-5-3-1;;/h1-12H;1-5H;1H;/q-1;;;+2/p-1. The first-order valence-corrected chi connectivity index (χ1v) is 13.4. The van der Waals surface area contributed by atoms with Crippen LogP contribution in [-0.4, -0.2) is 23.3 Å². The molecule has 0 aliphatic heterocycles. The van der Waals surface area contributed by atoms with Crippen molar-refractivity contribution in [2.45, 2.75) is 4.90 Å². The molecule has 2 aromatic heterocycles. The van der Waals surface area contributed by atoms with Crippen molar-refractivity contribution < 1.29 is 31.5 Å². The second-order valence-corrected chi connectivity index (χ2v) is 8.46. The van der Waals surface area contributed by atoms with Crippen molar-refractivity contribution in [2.24, 2.45) is 0 Å². The average molecular weight is 599 g/mol. The van der Waals surface area contributed by atoms with E-state index in [4.69, 9.17) is 0 Å². The fourth-order valence-electron chi connectivity index (χ4n) is 3.21. The summed E-state index contributed by atoms with van der Waals surface area (Å²) in [5.74, 6) is 0. The molecule has 0 fully saturated rings. The first-order chi connectivity index (χ1) is 17.0. The van der Waals surface area contributed by atoms with Crippen LogP contribution in [-0.2, 0) is 28.2 Å². The maximum Gasteiger partial charge on any atom is 0.0267 e. The minimum atomic E-state index is -4.04. The zero-order valence-corrected chi connectivity index (χ0v) is 21.0. The minimum absolute atomic E-state index is 0.113. The summed E-state index contributed by atoms with van der Waals surface area (Å²) in [6.07, 6.45) is 5.14. The number of non-ortho nitro benzene ring substituents is 1.